The van der Waals surface area contributed by atoms with Crippen LogP contribution >= 0.6 is 11.6 Å². The molecule has 1 aromatic rings. The Morgan fingerprint density at radius 3 is 2.52 bits per heavy atom. The number of hydrogen-bond acceptors (Lipinski definition) is 3. The van der Waals surface area contributed by atoms with Gasteiger partial charge in [-0.1, -0.05) is 49.6 Å². The molecule has 3 nitrogen and oxygen atoms in total. The van der Waals surface area contributed by atoms with Crippen LogP contribution in [0.15, 0.2) is 24.3 Å². The third kappa shape index (κ3) is 3.98. The van der Waals surface area contributed by atoms with Crippen LogP contribution in [0.25, 0.3) is 0 Å². The van der Waals surface area contributed by atoms with Crippen molar-refractivity contribution in [2.24, 2.45) is 5.73 Å². The second-order valence-corrected chi connectivity index (χ2v) is 6.79. The number of aliphatic hydroxyl groups is 1. The maximum Gasteiger partial charge on any atom is 0.0774 e. The van der Waals surface area contributed by atoms with Crippen LogP contribution in [-0.2, 0) is 0 Å². The summed E-state index contributed by atoms with van der Waals surface area (Å²) in [7, 11) is 2.04. The van der Waals surface area contributed by atoms with Crippen molar-refractivity contribution in [1.29, 1.82) is 0 Å². The lowest BCUT2D eigenvalue weighted by atomic mass is 9.94. The summed E-state index contributed by atoms with van der Waals surface area (Å²) in [5.41, 5.74) is 6.84. The maximum atomic E-state index is 10.7. The van der Waals surface area contributed by atoms with Crippen molar-refractivity contribution in [2.45, 2.75) is 56.7 Å². The molecular weight excluding hydrogens is 284 g/mol. The first-order valence-electron chi connectivity index (χ1n) is 7.89. The standard InChI is InChI=1S/C17H27ClN2O/c1-3-15(19)16(13-8-4-5-9-14(13)18)20(2)12-17(21)10-6-7-11-17/h4-5,8-9,15-16,21H,3,6-7,10-12,19H2,1-2H3. The van der Waals surface area contributed by atoms with E-state index in [4.69, 9.17) is 17.3 Å². The molecule has 1 fully saturated rings. The number of hydrogen-bond donors (Lipinski definition) is 2. The maximum absolute atomic E-state index is 10.7. The Balaban J connectivity index is 2.21. The van der Waals surface area contributed by atoms with Crippen LogP contribution < -0.4 is 5.73 Å². The summed E-state index contributed by atoms with van der Waals surface area (Å²) in [4.78, 5) is 2.18. The normalized spacial score (nSPS) is 20.7. The highest BCUT2D eigenvalue weighted by atomic mass is 35.5. The lowest BCUT2D eigenvalue weighted by molar-refractivity contribution is 0.00166. The van der Waals surface area contributed by atoms with E-state index in [1.165, 1.54) is 0 Å². The number of likely N-dealkylation sites (N-methyl/N-ethyl adjacent to an activating group) is 1. The minimum absolute atomic E-state index is 0.0000898. The molecule has 1 aliphatic carbocycles. The second-order valence-electron chi connectivity index (χ2n) is 6.39. The van der Waals surface area contributed by atoms with Gasteiger partial charge in [-0.3, -0.25) is 4.90 Å². The van der Waals surface area contributed by atoms with Crippen LogP contribution in [0.1, 0.15) is 50.6 Å². The van der Waals surface area contributed by atoms with Gasteiger partial charge in [-0.25, -0.2) is 0 Å². The van der Waals surface area contributed by atoms with Crippen LogP contribution in [-0.4, -0.2) is 35.2 Å². The van der Waals surface area contributed by atoms with Crippen LogP contribution in [0.3, 0.4) is 0 Å². The Labute approximate surface area is 133 Å². The van der Waals surface area contributed by atoms with E-state index in [1.807, 2.05) is 31.3 Å². The van der Waals surface area contributed by atoms with Gasteiger partial charge in [-0.05, 0) is 37.9 Å². The van der Waals surface area contributed by atoms with Gasteiger partial charge in [0.25, 0.3) is 0 Å². The van der Waals surface area contributed by atoms with Crippen molar-refractivity contribution in [3.05, 3.63) is 34.9 Å². The Bertz CT molecular complexity index is 460. The molecular formula is C17H27ClN2O. The summed E-state index contributed by atoms with van der Waals surface area (Å²) in [5, 5.41) is 11.4. The molecule has 0 aromatic heterocycles. The number of benzene rings is 1. The van der Waals surface area contributed by atoms with Gasteiger partial charge in [0, 0.05) is 17.6 Å². The minimum Gasteiger partial charge on any atom is -0.389 e. The average molecular weight is 311 g/mol. The molecule has 0 heterocycles. The number of halogens is 1. The molecule has 118 valence electrons. The fourth-order valence-electron chi connectivity index (χ4n) is 3.49. The highest BCUT2D eigenvalue weighted by molar-refractivity contribution is 6.31. The van der Waals surface area contributed by atoms with Crippen molar-refractivity contribution < 1.29 is 5.11 Å². The largest absolute Gasteiger partial charge is 0.389 e. The van der Waals surface area contributed by atoms with E-state index in [2.05, 4.69) is 11.8 Å². The number of nitrogens with zero attached hydrogens (tertiary/aromatic N) is 1. The fraction of sp³-hybridized carbons (Fsp3) is 0.647. The zero-order valence-corrected chi connectivity index (χ0v) is 13.8. The van der Waals surface area contributed by atoms with Crippen LogP contribution in [0.5, 0.6) is 0 Å². The molecule has 0 bridgehead atoms. The SMILES string of the molecule is CCC(N)C(c1ccccc1Cl)N(C)CC1(O)CCCC1. The molecule has 4 heteroatoms. The van der Waals surface area contributed by atoms with Gasteiger partial charge < -0.3 is 10.8 Å². The van der Waals surface area contributed by atoms with Gasteiger partial charge in [0.2, 0.25) is 0 Å². The molecule has 21 heavy (non-hydrogen) atoms. The Morgan fingerprint density at radius 2 is 1.95 bits per heavy atom. The van der Waals surface area contributed by atoms with Gasteiger partial charge in [-0.2, -0.15) is 0 Å². The molecule has 0 amide bonds. The van der Waals surface area contributed by atoms with Gasteiger partial charge in [0.05, 0.1) is 11.6 Å². The molecule has 1 aromatic carbocycles. The molecule has 0 saturated heterocycles. The highest BCUT2D eigenvalue weighted by Crippen LogP contribution is 2.35. The van der Waals surface area contributed by atoms with Crippen molar-refractivity contribution in [3.63, 3.8) is 0 Å². The predicted octanol–water partition coefficient (Wildman–Crippen LogP) is 3.36. The summed E-state index contributed by atoms with van der Waals surface area (Å²) in [6.45, 7) is 2.74. The summed E-state index contributed by atoms with van der Waals surface area (Å²) in [6.07, 6.45) is 4.86. The molecule has 2 rings (SSSR count). The first-order valence-corrected chi connectivity index (χ1v) is 8.27. The van der Waals surface area contributed by atoms with Crippen molar-refractivity contribution in [2.75, 3.05) is 13.6 Å². The number of nitrogens with two attached hydrogens (primary N) is 1. The monoisotopic (exact) mass is 310 g/mol. The fourth-order valence-corrected chi connectivity index (χ4v) is 3.73. The van der Waals surface area contributed by atoms with Crippen molar-refractivity contribution in [1.82, 2.24) is 4.90 Å². The van der Waals surface area contributed by atoms with Gasteiger partial charge >= 0.3 is 0 Å². The van der Waals surface area contributed by atoms with E-state index in [0.29, 0.717) is 6.54 Å². The number of rotatable bonds is 6. The molecule has 1 saturated carbocycles. The molecule has 0 spiro atoms. The van der Waals surface area contributed by atoms with Gasteiger partial charge in [0.1, 0.15) is 0 Å². The third-order valence-corrected chi connectivity index (χ3v) is 5.00. The molecule has 0 aliphatic heterocycles. The topological polar surface area (TPSA) is 49.5 Å². The predicted molar refractivity (Wildman–Crippen MR) is 88.5 cm³/mol. The molecule has 3 N–H and O–H groups in total. The van der Waals surface area contributed by atoms with E-state index in [-0.39, 0.29) is 12.1 Å². The molecule has 0 radical (unpaired) electrons. The van der Waals surface area contributed by atoms with Crippen LogP contribution in [0.4, 0.5) is 0 Å². The second kappa shape index (κ2) is 7.10. The van der Waals surface area contributed by atoms with Crippen LogP contribution in [0.2, 0.25) is 5.02 Å². The third-order valence-electron chi connectivity index (χ3n) is 4.65. The smallest absolute Gasteiger partial charge is 0.0774 e. The van der Waals surface area contributed by atoms with E-state index in [0.717, 1.165) is 42.7 Å². The van der Waals surface area contributed by atoms with E-state index in [1.54, 1.807) is 0 Å². The summed E-state index contributed by atoms with van der Waals surface area (Å²) >= 11 is 6.37. The average Bonchev–Trinajstić information content (AvgIpc) is 2.87. The van der Waals surface area contributed by atoms with Crippen LogP contribution in [0, 0.1) is 0 Å². The molecule has 1 aliphatic rings. The Morgan fingerprint density at radius 1 is 1.33 bits per heavy atom. The van der Waals surface area contributed by atoms with E-state index >= 15 is 0 Å². The minimum atomic E-state index is -0.568. The quantitative estimate of drug-likeness (QED) is 0.847. The summed E-state index contributed by atoms with van der Waals surface area (Å²) in [5.74, 6) is 0. The molecule has 2 atom stereocenters. The first kappa shape index (κ1) is 16.8. The van der Waals surface area contributed by atoms with E-state index < -0.39 is 5.60 Å². The lowest BCUT2D eigenvalue weighted by Gasteiger charge is -2.37. The Kier molecular flexibility index (Phi) is 5.67. The Hall–Kier alpha value is -0.610. The zero-order chi connectivity index (χ0) is 15.5. The lowest BCUT2D eigenvalue weighted by Crippen LogP contribution is -2.46. The zero-order valence-electron chi connectivity index (χ0n) is 13.1. The molecule has 2 unspecified atom stereocenters. The highest BCUT2D eigenvalue weighted by Gasteiger charge is 2.35. The van der Waals surface area contributed by atoms with Gasteiger partial charge in [-0.15, -0.1) is 0 Å². The summed E-state index contributed by atoms with van der Waals surface area (Å²) < 4.78 is 0. The van der Waals surface area contributed by atoms with E-state index in [9.17, 15) is 5.11 Å². The first-order chi connectivity index (χ1) is 9.97. The van der Waals surface area contributed by atoms with Crippen molar-refractivity contribution >= 4 is 11.6 Å². The summed E-state index contributed by atoms with van der Waals surface area (Å²) in [6, 6.07) is 7.91. The van der Waals surface area contributed by atoms with Gasteiger partial charge in [0.15, 0.2) is 0 Å². The van der Waals surface area contributed by atoms with Crippen molar-refractivity contribution in [3.8, 4) is 0 Å².